The molecule has 0 aliphatic heterocycles. The number of amides is 2. The van der Waals surface area contributed by atoms with E-state index in [2.05, 4.69) is 10.6 Å². The summed E-state index contributed by atoms with van der Waals surface area (Å²) in [7, 11) is 1.50. The highest BCUT2D eigenvalue weighted by Gasteiger charge is 2.07. The lowest BCUT2D eigenvalue weighted by Gasteiger charge is -2.09. The number of benzene rings is 2. The SMILES string of the molecule is COc1ccc(NC(=O)Nc2ccc(F)c(Cl)c2)cc1Cl. The van der Waals surface area contributed by atoms with Gasteiger partial charge in [0, 0.05) is 11.4 Å². The molecule has 0 aliphatic carbocycles. The van der Waals surface area contributed by atoms with Crippen LogP contribution in [0.15, 0.2) is 36.4 Å². The minimum atomic E-state index is -0.551. The number of methoxy groups -OCH3 is 1. The molecule has 4 nitrogen and oxygen atoms in total. The van der Waals surface area contributed by atoms with E-state index in [4.69, 9.17) is 27.9 Å². The molecule has 7 heteroatoms. The highest BCUT2D eigenvalue weighted by molar-refractivity contribution is 6.32. The zero-order chi connectivity index (χ0) is 15.4. The van der Waals surface area contributed by atoms with E-state index in [1.807, 2.05) is 0 Å². The molecule has 0 fully saturated rings. The molecule has 0 saturated carbocycles. The van der Waals surface area contributed by atoms with Gasteiger partial charge in [-0.1, -0.05) is 23.2 Å². The molecule has 2 aromatic carbocycles. The molecule has 0 radical (unpaired) electrons. The maximum Gasteiger partial charge on any atom is 0.323 e. The van der Waals surface area contributed by atoms with E-state index in [9.17, 15) is 9.18 Å². The number of rotatable bonds is 3. The molecule has 0 aliphatic rings. The zero-order valence-electron chi connectivity index (χ0n) is 10.9. The van der Waals surface area contributed by atoms with E-state index in [0.29, 0.717) is 22.1 Å². The Hall–Kier alpha value is -1.98. The number of carbonyl (C=O) groups is 1. The van der Waals surface area contributed by atoms with Gasteiger partial charge >= 0.3 is 6.03 Å². The second-order valence-corrected chi connectivity index (χ2v) is 4.87. The Balaban J connectivity index is 2.04. The molecule has 2 N–H and O–H groups in total. The van der Waals surface area contributed by atoms with Gasteiger partial charge in [0.25, 0.3) is 0 Å². The van der Waals surface area contributed by atoms with Crippen LogP contribution in [0.4, 0.5) is 20.6 Å². The Morgan fingerprint density at radius 1 is 1.05 bits per heavy atom. The van der Waals surface area contributed by atoms with Crippen LogP contribution in [0.2, 0.25) is 10.0 Å². The molecule has 110 valence electrons. The smallest absolute Gasteiger partial charge is 0.323 e. The predicted octanol–water partition coefficient (Wildman–Crippen LogP) is 4.79. The van der Waals surface area contributed by atoms with E-state index in [1.54, 1.807) is 18.2 Å². The highest BCUT2D eigenvalue weighted by atomic mass is 35.5. The Bertz CT molecular complexity index is 680. The molecule has 0 bridgehead atoms. The minimum absolute atomic E-state index is 0.0692. The monoisotopic (exact) mass is 328 g/mol. The normalized spacial score (nSPS) is 10.1. The van der Waals surface area contributed by atoms with Crippen molar-refractivity contribution in [3.05, 3.63) is 52.3 Å². The first-order chi connectivity index (χ1) is 9.99. The summed E-state index contributed by atoms with van der Waals surface area (Å²) in [5.74, 6) is -0.0440. The fraction of sp³-hybridized carbons (Fsp3) is 0.0714. The Morgan fingerprint density at radius 3 is 2.14 bits per heavy atom. The Kier molecular flexibility index (Phi) is 4.88. The standard InChI is InChI=1S/C14H11Cl2FN2O2/c1-21-13-5-3-9(7-11(13)16)19-14(20)18-8-2-4-12(17)10(15)6-8/h2-7H,1H3,(H2,18,19,20). The third-order valence-electron chi connectivity index (χ3n) is 2.59. The van der Waals surface area contributed by atoms with Gasteiger partial charge in [0.2, 0.25) is 0 Å². The molecule has 2 aromatic rings. The average molecular weight is 329 g/mol. The lowest BCUT2D eigenvalue weighted by Crippen LogP contribution is -2.19. The van der Waals surface area contributed by atoms with Gasteiger partial charge in [0.05, 0.1) is 17.2 Å². The summed E-state index contributed by atoms with van der Waals surface area (Å²) in [6, 6.07) is 8.21. The first-order valence-electron chi connectivity index (χ1n) is 5.86. The van der Waals surface area contributed by atoms with E-state index >= 15 is 0 Å². The number of carbonyl (C=O) groups excluding carboxylic acids is 1. The summed E-state index contributed by atoms with van der Waals surface area (Å²) in [5.41, 5.74) is 0.866. The molecule has 21 heavy (non-hydrogen) atoms. The summed E-state index contributed by atoms with van der Waals surface area (Å²) in [5, 5.41) is 5.43. The van der Waals surface area contributed by atoms with E-state index in [-0.39, 0.29) is 5.02 Å². The number of ether oxygens (including phenoxy) is 1. The summed E-state index contributed by atoms with van der Waals surface area (Å²) in [4.78, 5) is 11.8. The largest absolute Gasteiger partial charge is 0.495 e. The van der Waals surface area contributed by atoms with Gasteiger partial charge in [-0.25, -0.2) is 9.18 Å². The fourth-order valence-electron chi connectivity index (χ4n) is 1.61. The first-order valence-corrected chi connectivity index (χ1v) is 6.62. The van der Waals surface area contributed by atoms with Gasteiger partial charge < -0.3 is 15.4 Å². The summed E-state index contributed by atoms with van der Waals surface area (Å²) < 4.78 is 18.0. The maximum atomic E-state index is 13.0. The summed E-state index contributed by atoms with van der Waals surface area (Å²) >= 11 is 11.6. The van der Waals surface area contributed by atoms with Crippen molar-refractivity contribution < 1.29 is 13.9 Å². The number of urea groups is 1. The molecule has 0 heterocycles. The second-order valence-electron chi connectivity index (χ2n) is 4.06. The van der Waals surface area contributed by atoms with Crippen molar-refractivity contribution in [3.8, 4) is 5.75 Å². The van der Waals surface area contributed by atoms with Crippen molar-refractivity contribution in [3.63, 3.8) is 0 Å². The maximum absolute atomic E-state index is 13.0. The van der Waals surface area contributed by atoms with E-state index in [0.717, 1.165) is 0 Å². The summed E-state index contributed by atoms with van der Waals surface area (Å²) in [6.45, 7) is 0. The molecule has 0 unspecified atom stereocenters. The number of anilines is 2. The predicted molar refractivity (Wildman–Crippen MR) is 82.1 cm³/mol. The van der Waals surface area contributed by atoms with Gasteiger partial charge in [-0.15, -0.1) is 0 Å². The van der Waals surface area contributed by atoms with Crippen molar-refractivity contribution in [2.24, 2.45) is 0 Å². The molecule has 0 aromatic heterocycles. The number of nitrogens with one attached hydrogen (secondary N) is 2. The topological polar surface area (TPSA) is 50.4 Å². The molecular formula is C14H11Cl2FN2O2. The molecule has 0 saturated heterocycles. The van der Waals surface area contributed by atoms with Crippen LogP contribution >= 0.6 is 23.2 Å². The fourth-order valence-corrected chi connectivity index (χ4v) is 2.05. The molecule has 2 amide bonds. The van der Waals surface area contributed by atoms with Crippen LogP contribution in [-0.2, 0) is 0 Å². The van der Waals surface area contributed by atoms with Gasteiger partial charge in [-0.05, 0) is 36.4 Å². The minimum Gasteiger partial charge on any atom is -0.495 e. The van der Waals surface area contributed by atoms with Gasteiger partial charge in [-0.3, -0.25) is 0 Å². The third-order valence-corrected chi connectivity index (χ3v) is 3.17. The Morgan fingerprint density at radius 2 is 1.62 bits per heavy atom. The van der Waals surface area contributed by atoms with Crippen molar-refractivity contribution in [2.75, 3.05) is 17.7 Å². The molecular weight excluding hydrogens is 318 g/mol. The number of hydrogen-bond donors (Lipinski definition) is 2. The van der Waals surface area contributed by atoms with Crippen molar-refractivity contribution >= 4 is 40.6 Å². The van der Waals surface area contributed by atoms with Crippen LogP contribution in [0.1, 0.15) is 0 Å². The molecule has 0 spiro atoms. The van der Waals surface area contributed by atoms with Crippen LogP contribution in [0.5, 0.6) is 5.75 Å². The van der Waals surface area contributed by atoms with Crippen molar-refractivity contribution in [1.82, 2.24) is 0 Å². The van der Waals surface area contributed by atoms with Crippen LogP contribution < -0.4 is 15.4 Å². The summed E-state index contributed by atoms with van der Waals surface area (Å²) in [6.07, 6.45) is 0. The van der Waals surface area contributed by atoms with Crippen molar-refractivity contribution in [2.45, 2.75) is 0 Å². The lowest BCUT2D eigenvalue weighted by atomic mass is 10.3. The van der Waals surface area contributed by atoms with Gasteiger partial charge in [-0.2, -0.15) is 0 Å². The van der Waals surface area contributed by atoms with Crippen LogP contribution in [0.3, 0.4) is 0 Å². The first kappa shape index (κ1) is 15.4. The number of hydrogen-bond acceptors (Lipinski definition) is 2. The number of halogens is 3. The second kappa shape index (κ2) is 6.65. The Labute approximate surface area is 130 Å². The highest BCUT2D eigenvalue weighted by Crippen LogP contribution is 2.27. The van der Waals surface area contributed by atoms with Gasteiger partial charge in [0.15, 0.2) is 0 Å². The molecule has 2 rings (SSSR count). The zero-order valence-corrected chi connectivity index (χ0v) is 12.4. The lowest BCUT2D eigenvalue weighted by molar-refractivity contribution is 0.262. The average Bonchev–Trinajstić information content (AvgIpc) is 2.43. The molecule has 0 atom stereocenters. The van der Waals surface area contributed by atoms with E-state index in [1.165, 1.54) is 25.3 Å². The van der Waals surface area contributed by atoms with Gasteiger partial charge in [0.1, 0.15) is 11.6 Å². The quantitative estimate of drug-likeness (QED) is 0.851. The van der Waals surface area contributed by atoms with Crippen LogP contribution in [0, 0.1) is 5.82 Å². The third kappa shape index (κ3) is 4.00. The van der Waals surface area contributed by atoms with Crippen LogP contribution in [0.25, 0.3) is 0 Å². The van der Waals surface area contributed by atoms with Crippen LogP contribution in [-0.4, -0.2) is 13.1 Å². The van der Waals surface area contributed by atoms with E-state index < -0.39 is 11.8 Å². The van der Waals surface area contributed by atoms with Crippen molar-refractivity contribution in [1.29, 1.82) is 0 Å².